The minimum Gasteiger partial charge on any atom is -0.354 e. The summed E-state index contributed by atoms with van der Waals surface area (Å²) in [5, 5.41) is 4.33. The van der Waals surface area contributed by atoms with Crippen molar-refractivity contribution in [2.45, 2.75) is 12.8 Å². The van der Waals surface area contributed by atoms with Gasteiger partial charge in [-0.1, -0.05) is 11.6 Å². The molecule has 2 aromatic heterocycles. The van der Waals surface area contributed by atoms with E-state index in [9.17, 15) is 9.18 Å². The summed E-state index contributed by atoms with van der Waals surface area (Å²) >= 11 is 5.75. The van der Waals surface area contributed by atoms with Crippen molar-refractivity contribution in [3.8, 4) is 0 Å². The van der Waals surface area contributed by atoms with Crippen LogP contribution in [0.3, 0.4) is 0 Å². The summed E-state index contributed by atoms with van der Waals surface area (Å²) in [6, 6.07) is 1.29. The van der Waals surface area contributed by atoms with Gasteiger partial charge in [0.2, 0.25) is 0 Å². The van der Waals surface area contributed by atoms with Gasteiger partial charge < -0.3 is 9.80 Å². The molecule has 8 heteroatoms. The minimum atomic E-state index is -0.394. The zero-order valence-electron chi connectivity index (χ0n) is 14.3. The van der Waals surface area contributed by atoms with Crippen molar-refractivity contribution >= 4 is 23.3 Å². The number of pyridine rings is 1. The minimum absolute atomic E-state index is 0.0269. The molecule has 3 heterocycles. The number of nitrogens with zero attached hydrogens (tertiary/aromatic N) is 5. The monoisotopic (exact) mass is 365 g/mol. The summed E-state index contributed by atoms with van der Waals surface area (Å²) in [5.74, 6) is 0.315. The fourth-order valence-electron chi connectivity index (χ4n) is 3.19. The Hall–Kier alpha value is -2.15. The van der Waals surface area contributed by atoms with E-state index < -0.39 is 5.82 Å². The largest absolute Gasteiger partial charge is 0.354 e. The zero-order chi connectivity index (χ0) is 18.0. The lowest BCUT2D eigenvalue weighted by Gasteiger charge is -2.34. The van der Waals surface area contributed by atoms with E-state index >= 15 is 0 Å². The molecule has 0 radical (unpaired) electrons. The average molecular weight is 366 g/mol. The third kappa shape index (κ3) is 4.10. The van der Waals surface area contributed by atoms with Gasteiger partial charge in [0.1, 0.15) is 0 Å². The third-order valence-corrected chi connectivity index (χ3v) is 4.74. The molecule has 6 nitrogen and oxygen atoms in total. The Bertz CT molecular complexity index is 757. The quantitative estimate of drug-likeness (QED) is 0.835. The molecule has 0 aromatic carbocycles. The number of rotatable bonds is 4. The van der Waals surface area contributed by atoms with Crippen molar-refractivity contribution in [2.75, 3.05) is 31.6 Å². The second-order valence-corrected chi connectivity index (χ2v) is 6.91. The standard InChI is InChI=1S/C17H21ClFN5O/c1-22(17(25)13-8-21-23(2)11-13)10-12-3-5-24(6-4-12)16-15(19)7-14(18)9-20-16/h7-9,11-12H,3-6,10H2,1-2H3. The van der Waals surface area contributed by atoms with Gasteiger partial charge in [-0.25, -0.2) is 9.37 Å². The van der Waals surface area contributed by atoms with Crippen molar-refractivity contribution < 1.29 is 9.18 Å². The first-order valence-electron chi connectivity index (χ1n) is 8.24. The molecular formula is C17H21ClFN5O. The molecule has 25 heavy (non-hydrogen) atoms. The highest BCUT2D eigenvalue weighted by Gasteiger charge is 2.25. The van der Waals surface area contributed by atoms with Gasteiger partial charge in [0.25, 0.3) is 5.91 Å². The molecular weight excluding hydrogens is 345 g/mol. The maximum atomic E-state index is 14.0. The maximum absolute atomic E-state index is 14.0. The number of carbonyl (C=O) groups excluding carboxylic acids is 1. The number of aromatic nitrogens is 3. The molecule has 134 valence electrons. The molecule has 1 aliphatic heterocycles. The fraction of sp³-hybridized carbons (Fsp3) is 0.471. The number of piperidine rings is 1. The predicted molar refractivity (Wildman–Crippen MR) is 94.3 cm³/mol. The Labute approximate surface area is 151 Å². The van der Waals surface area contributed by atoms with E-state index in [1.54, 1.807) is 29.0 Å². The highest BCUT2D eigenvalue weighted by atomic mass is 35.5. The Morgan fingerprint density at radius 3 is 2.72 bits per heavy atom. The predicted octanol–water partition coefficient (Wildman–Crippen LogP) is 2.60. The van der Waals surface area contributed by atoms with E-state index in [2.05, 4.69) is 10.1 Å². The summed E-state index contributed by atoms with van der Waals surface area (Å²) in [6.45, 7) is 2.11. The molecule has 3 rings (SSSR count). The van der Waals surface area contributed by atoms with E-state index in [1.165, 1.54) is 12.3 Å². The second-order valence-electron chi connectivity index (χ2n) is 6.48. The van der Waals surface area contributed by atoms with Crippen molar-refractivity contribution in [3.63, 3.8) is 0 Å². The van der Waals surface area contributed by atoms with E-state index in [0.717, 1.165) is 12.8 Å². The van der Waals surface area contributed by atoms with Crippen LogP contribution in [0.5, 0.6) is 0 Å². The van der Waals surface area contributed by atoms with Gasteiger partial charge in [0.15, 0.2) is 11.6 Å². The van der Waals surface area contributed by atoms with Gasteiger partial charge >= 0.3 is 0 Å². The van der Waals surface area contributed by atoms with Gasteiger partial charge in [-0.3, -0.25) is 9.48 Å². The molecule has 1 fully saturated rings. The summed E-state index contributed by atoms with van der Waals surface area (Å²) < 4.78 is 15.6. The lowest BCUT2D eigenvalue weighted by Crippen LogP contribution is -2.40. The number of aryl methyl sites for hydroxylation is 1. The summed E-state index contributed by atoms with van der Waals surface area (Å²) in [6.07, 6.45) is 6.53. The molecule has 0 unspecified atom stereocenters. The van der Waals surface area contributed by atoms with Crippen LogP contribution in [-0.4, -0.2) is 52.3 Å². The van der Waals surface area contributed by atoms with Gasteiger partial charge in [-0.05, 0) is 24.8 Å². The molecule has 2 aromatic rings. The molecule has 0 N–H and O–H groups in total. The Morgan fingerprint density at radius 1 is 1.40 bits per heavy atom. The second kappa shape index (κ2) is 7.39. The topological polar surface area (TPSA) is 54.3 Å². The lowest BCUT2D eigenvalue weighted by molar-refractivity contribution is 0.0765. The van der Waals surface area contributed by atoms with Crippen LogP contribution >= 0.6 is 11.6 Å². The Balaban J connectivity index is 1.54. The normalized spacial score (nSPS) is 15.4. The van der Waals surface area contributed by atoms with Gasteiger partial charge in [-0.2, -0.15) is 5.10 Å². The van der Waals surface area contributed by atoms with Crippen molar-refractivity contribution in [3.05, 3.63) is 41.1 Å². The van der Waals surface area contributed by atoms with Gasteiger partial charge in [0.05, 0.1) is 16.8 Å². The van der Waals surface area contributed by atoms with Crippen LogP contribution in [0.4, 0.5) is 10.2 Å². The fourth-order valence-corrected chi connectivity index (χ4v) is 3.33. The molecule has 0 bridgehead atoms. The summed E-state index contributed by atoms with van der Waals surface area (Å²) in [5.41, 5.74) is 0.592. The summed E-state index contributed by atoms with van der Waals surface area (Å²) in [7, 11) is 3.60. The van der Waals surface area contributed by atoms with Crippen LogP contribution in [0, 0.1) is 11.7 Å². The van der Waals surface area contributed by atoms with E-state index in [-0.39, 0.29) is 5.91 Å². The highest BCUT2D eigenvalue weighted by Crippen LogP contribution is 2.26. The molecule has 0 aliphatic carbocycles. The average Bonchev–Trinajstić information content (AvgIpc) is 3.01. The number of carbonyl (C=O) groups is 1. The zero-order valence-corrected chi connectivity index (χ0v) is 15.1. The molecule has 0 saturated carbocycles. The maximum Gasteiger partial charge on any atom is 0.256 e. The van der Waals surface area contributed by atoms with Gasteiger partial charge in [-0.15, -0.1) is 0 Å². The first-order chi connectivity index (χ1) is 11.9. The molecule has 1 aliphatic rings. The smallest absolute Gasteiger partial charge is 0.256 e. The molecule has 1 saturated heterocycles. The van der Waals surface area contributed by atoms with Crippen LogP contribution in [0.15, 0.2) is 24.7 Å². The van der Waals surface area contributed by atoms with Crippen LogP contribution in [0.1, 0.15) is 23.2 Å². The molecule has 0 atom stereocenters. The number of anilines is 1. The van der Waals surface area contributed by atoms with Crippen molar-refractivity contribution in [1.82, 2.24) is 19.7 Å². The van der Waals surface area contributed by atoms with Crippen LogP contribution in [-0.2, 0) is 7.05 Å². The van der Waals surface area contributed by atoms with Crippen LogP contribution in [0.25, 0.3) is 0 Å². The first kappa shape index (κ1) is 17.7. The van der Waals surface area contributed by atoms with Crippen molar-refractivity contribution in [2.24, 2.45) is 13.0 Å². The number of hydrogen-bond acceptors (Lipinski definition) is 4. The molecule has 0 spiro atoms. The SMILES string of the molecule is CN(CC1CCN(c2ncc(Cl)cc2F)CC1)C(=O)c1cnn(C)c1. The van der Waals surface area contributed by atoms with Crippen molar-refractivity contribution in [1.29, 1.82) is 0 Å². The lowest BCUT2D eigenvalue weighted by atomic mass is 9.96. The summed E-state index contributed by atoms with van der Waals surface area (Å²) in [4.78, 5) is 20.2. The number of halogens is 2. The van der Waals surface area contributed by atoms with Gasteiger partial charge in [0, 0.05) is 46.1 Å². The van der Waals surface area contributed by atoms with Crippen LogP contribution < -0.4 is 4.90 Å². The number of amides is 1. The van der Waals surface area contributed by atoms with E-state index in [0.29, 0.717) is 42.0 Å². The third-order valence-electron chi connectivity index (χ3n) is 4.53. The number of hydrogen-bond donors (Lipinski definition) is 0. The highest BCUT2D eigenvalue weighted by molar-refractivity contribution is 6.30. The van der Waals surface area contributed by atoms with Crippen LogP contribution in [0.2, 0.25) is 5.02 Å². The Morgan fingerprint density at radius 2 is 2.12 bits per heavy atom. The first-order valence-corrected chi connectivity index (χ1v) is 8.62. The van der Waals surface area contributed by atoms with E-state index in [4.69, 9.17) is 11.6 Å². The molecule has 1 amide bonds. The Kier molecular flexibility index (Phi) is 5.22. The van der Waals surface area contributed by atoms with E-state index in [1.807, 2.05) is 11.9 Å².